The lowest BCUT2D eigenvalue weighted by Gasteiger charge is -2.46. The molecule has 0 fully saturated rings. The minimum absolute atomic E-state index is 0.0273. The van der Waals surface area contributed by atoms with Gasteiger partial charge in [0.25, 0.3) is 5.91 Å². The van der Waals surface area contributed by atoms with Crippen LogP contribution in [0.2, 0.25) is 0 Å². The number of hydrogen-bond donors (Lipinski definition) is 1. The van der Waals surface area contributed by atoms with E-state index in [0.717, 1.165) is 36.1 Å². The molecule has 0 bridgehead atoms. The molecular formula is C27H28F3N3O3S. The number of benzene rings is 3. The Morgan fingerprint density at radius 3 is 2.22 bits per heavy atom. The van der Waals surface area contributed by atoms with Crippen molar-refractivity contribution in [2.45, 2.75) is 56.9 Å². The molecule has 6 nitrogen and oxygen atoms in total. The van der Waals surface area contributed by atoms with E-state index in [4.69, 9.17) is 5.14 Å². The second-order valence-electron chi connectivity index (χ2n) is 9.11. The molecule has 0 radical (unpaired) electrons. The summed E-state index contributed by atoms with van der Waals surface area (Å²) in [5, 5.41) is 5.19. The van der Waals surface area contributed by atoms with E-state index < -0.39 is 38.7 Å². The molecule has 10 heteroatoms. The van der Waals surface area contributed by atoms with Crippen LogP contribution in [0.1, 0.15) is 53.2 Å². The van der Waals surface area contributed by atoms with E-state index in [2.05, 4.69) is 0 Å². The van der Waals surface area contributed by atoms with Crippen LogP contribution in [-0.2, 0) is 22.7 Å². The number of primary sulfonamides is 1. The van der Waals surface area contributed by atoms with Crippen molar-refractivity contribution >= 4 is 27.3 Å². The maximum Gasteiger partial charge on any atom is 0.417 e. The van der Waals surface area contributed by atoms with Crippen LogP contribution in [-0.4, -0.2) is 20.5 Å². The topological polar surface area (TPSA) is 83.7 Å². The van der Waals surface area contributed by atoms with Crippen LogP contribution in [0.5, 0.6) is 0 Å². The molecule has 0 spiro atoms. The Balaban J connectivity index is 2.03. The highest BCUT2D eigenvalue weighted by atomic mass is 32.2. The molecule has 0 saturated carbocycles. The van der Waals surface area contributed by atoms with Crippen LogP contribution in [0.15, 0.2) is 71.6 Å². The largest absolute Gasteiger partial charge is 0.417 e. The number of carbonyl (C=O) groups excluding carboxylic acids is 1. The molecule has 4 rings (SSSR count). The first-order valence-electron chi connectivity index (χ1n) is 11.9. The number of carbonyl (C=O) groups is 1. The summed E-state index contributed by atoms with van der Waals surface area (Å²) >= 11 is 0. The highest BCUT2D eigenvalue weighted by Gasteiger charge is 2.44. The first-order chi connectivity index (χ1) is 17.4. The number of fused-ring (bicyclic) bond motifs is 1. The normalized spacial score (nSPS) is 16.2. The van der Waals surface area contributed by atoms with Gasteiger partial charge in [0, 0.05) is 12.2 Å². The zero-order chi connectivity index (χ0) is 27.0. The van der Waals surface area contributed by atoms with Crippen molar-refractivity contribution in [3.05, 3.63) is 89.0 Å². The van der Waals surface area contributed by atoms with Crippen LogP contribution in [0.3, 0.4) is 0 Å². The third kappa shape index (κ3) is 5.35. The van der Waals surface area contributed by atoms with Crippen LogP contribution < -0.4 is 14.9 Å². The summed E-state index contributed by atoms with van der Waals surface area (Å²) in [5.74, 6) is -0.576. The van der Waals surface area contributed by atoms with Gasteiger partial charge in [-0.1, -0.05) is 61.9 Å². The molecule has 0 saturated heterocycles. The van der Waals surface area contributed by atoms with Gasteiger partial charge < -0.3 is 4.90 Å². The molecule has 0 aliphatic carbocycles. The number of nitrogens with two attached hydrogens (primary N) is 1. The van der Waals surface area contributed by atoms with Gasteiger partial charge in [0.05, 0.1) is 21.7 Å². The van der Waals surface area contributed by atoms with Crippen molar-refractivity contribution in [1.29, 1.82) is 0 Å². The molecule has 37 heavy (non-hydrogen) atoms. The zero-order valence-electron chi connectivity index (χ0n) is 20.5. The quantitative estimate of drug-likeness (QED) is 0.415. The fourth-order valence-electron chi connectivity index (χ4n) is 4.75. The molecule has 0 aromatic heterocycles. The average molecular weight is 532 g/mol. The summed E-state index contributed by atoms with van der Waals surface area (Å²) in [4.78, 5) is 16.2. The predicted molar refractivity (Wildman–Crippen MR) is 137 cm³/mol. The Morgan fingerprint density at radius 2 is 1.62 bits per heavy atom. The smallest absolute Gasteiger partial charge is 0.346 e. The van der Waals surface area contributed by atoms with Gasteiger partial charge in [-0.3, -0.25) is 9.69 Å². The molecule has 1 amide bonds. The molecule has 2 N–H and O–H groups in total. The Kier molecular flexibility index (Phi) is 7.34. The lowest BCUT2D eigenvalue weighted by molar-refractivity contribution is -0.139. The third-order valence-corrected chi connectivity index (χ3v) is 7.46. The summed E-state index contributed by atoms with van der Waals surface area (Å²) in [6, 6.07) is 18.0. The summed E-state index contributed by atoms with van der Waals surface area (Å²) < 4.78 is 66.6. The van der Waals surface area contributed by atoms with Crippen molar-refractivity contribution in [1.82, 2.24) is 0 Å². The van der Waals surface area contributed by atoms with E-state index in [-0.39, 0.29) is 17.8 Å². The molecular weight excluding hydrogens is 503 g/mol. The number of nitrogens with zero attached hydrogens (tertiary/aromatic N) is 2. The summed E-state index contributed by atoms with van der Waals surface area (Å²) in [7, 11) is -4.78. The summed E-state index contributed by atoms with van der Waals surface area (Å²) in [6.07, 6.45) is -3.55. The van der Waals surface area contributed by atoms with Gasteiger partial charge in [-0.2, -0.15) is 13.2 Å². The monoisotopic (exact) mass is 531 g/mol. The van der Waals surface area contributed by atoms with Gasteiger partial charge in [-0.25, -0.2) is 13.6 Å². The van der Waals surface area contributed by atoms with Crippen molar-refractivity contribution in [2.24, 2.45) is 5.14 Å². The number of para-hydroxylation sites is 1. The van der Waals surface area contributed by atoms with Gasteiger partial charge in [-0.05, 0) is 49.1 Å². The number of rotatable bonds is 7. The predicted octanol–water partition coefficient (Wildman–Crippen LogP) is 5.84. The number of amides is 1. The number of hydrogen-bond acceptors (Lipinski definition) is 4. The van der Waals surface area contributed by atoms with E-state index in [0.29, 0.717) is 12.1 Å². The van der Waals surface area contributed by atoms with E-state index in [1.54, 1.807) is 21.9 Å². The maximum absolute atomic E-state index is 14.1. The first-order valence-corrected chi connectivity index (χ1v) is 13.5. The van der Waals surface area contributed by atoms with Crippen LogP contribution >= 0.6 is 0 Å². The molecule has 3 aromatic rings. The number of sulfonamides is 1. The van der Waals surface area contributed by atoms with Crippen molar-refractivity contribution in [3.8, 4) is 0 Å². The second kappa shape index (κ2) is 10.2. The van der Waals surface area contributed by atoms with Crippen molar-refractivity contribution in [2.75, 3.05) is 9.80 Å². The number of halogens is 3. The molecule has 1 aliphatic rings. The average Bonchev–Trinajstić information content (AvgIpc) is 2.84. The van der Waals surface area contributed by atoms with E-state index >= 15 is 0 Å². The zero-order valence-corrected chi connectivity index (χ0v) is 21.3. The highest BCUT2D eigenvalue weighted by Crippen LogP contribution is 2.43. The summed E-state index contributed by atoms with van der Waals surface area (Å²) in [5.41, 5.74) is 0.730. The van der Waals surface area contributed by atoms with Crippen molar-refractivity contribution < 1.29 is 26.4 Å². The molecule has 196 valence electrons. The fraction of sp³-hybridized carbons (Fsp3) is 0.296. The number of unbranched alkanes of at least 4 members (excludes halogenated alkanes) is 1. The molecule has 1 atom stereocenters. The minimum atomic E-state index is -5.00. The molecule has 1 aliphatic heterocycles. The fourth-order valence-corrected chi connectivity index (χ4v) is 5.51. The number of alkyl halides is 3. The SMILES string of the molecule is CCCCC1N(Cc2ccccc2)c2cc(C(F)(F)F)c(S(N)(=O)=O)cc2C(=O)N1c1ccccc1C. The summed E-state index contributed by atoms with van der Waals surface area (Å²) in [6.45, 7) is 4.06. The minimum Gasteiger partial charge on any atom is -0.346 e. The van der Waals surface area contributed by atoms with Crippen LogP contribution in [0, 0.1) is 6.92 Å². The van der Waals surface area contributed by atoms with Gasteiger partial charge in [0.15, 0.2) is 0 Å². The van der Waals surface area contributed by atoms with E-state index in [1.165, 1.54) is 0 Å². The Hall–Kier alpha value is -3.37. The highest BCUT2D eigenvalue weighted by molar-refractivity contribution is 7.89. The standard InChI is InChI=1S/C27H28F3N3O3S/c1-3-4-14-25-32(17-19-11-6-5-7-12-19)23-16-21(27(28,29)30)24(37(31,35)36)15-20(23)26(34)33(25)22-13-9-8-10-18(22)2/h5-13,15-16,25H,3-4,14,17H2,1-2H3,(H2,31,35,36). The molecule has 1 heterocycles. The molecule has 3 aromatic carbocycles. The third-order valence-electron chi connectivity index (χ3n) is 6.51. The first kappa shape index (κ1) is 26.7. The lowest BCUT2D eigenvalue weighted by Crippen LogP contribution is -2.55. The number of anilines is 2. The van der Waals surface area contributed by atoms with Gasteiger partial charge in [0.2, 0.25) is 10.0 Å². The van der Waals surface area contributed by atoms with Gasteiger partial charge in [-0.15, -0.1) is 0 Å². The van der Waals surface area contributed by atoms with E-state index in [9.17, 15) is 26.4 Å². The van der Waals surface area contributed by atoms with Gasteiger partial charge in [0.1, 0.15) is 6.17 Å². The second-order valence-corrected chi connectivity index (χ2v) is 10.6. The van der Waals surface area contributed by atoms with Crippen molar-refractivity contribution in [3.63, 3.8) is 0 Å². The number of aryl methyl sites for hydroxylation is 1. The Labute approximate surface area is 214 Å². The lowest BCUT2D eigenvalue weighted by atomic mass is 9.97. The maximum atomic E-state index is 14.1. The van der Waals surface area contributed by atoms with Gasteiger partial charge >= 0.3 is 6.18 Å². The van der Waals surface area contributed by atoms with Crippen LogP contribution in [0.25, 0.3) is 0 Å². The Bertz CT molecular complexity index is 1410. The molecule has 1 unspecified atom stereocenters. The van der Waals surface area contributed by atoms with E-state index in [1.807, 2.05) is 56.3 Å². The van der Waals surface area contributed by atoms with Crippen LogP contribution in [0.4, 0.5) is 24.5 Å². The Morgan fingerprint density at radius 1 is 0.973 bits per heavy atom.